The quantitative estimate of drug-likeness (QED) is 0.0920. The minimum atomic E-state index is -4.10. The standard InChI is InChI=1S/C34H50N6O7S/c1-19(2)16-25(35)30(41)38-26(31(42)39-27(32(43)44)17-23-12-9-8-10-13-23)14-11-15-37-33(36)40-48(45,46)29-21(4)20(3)28-24(22(29)5)18-34(6,7)47-28/h8-10,12-13,19,25-27H,11,14-18,35H2,1-7H3,(H,38,41)(H,39,42)(H,43,44)(H3,36,37,40)/t25-,26-,27-/m0/s1. The summed E-state index contributed by atoms with van der Waals surface area (Å²) in [5.41, 5.74) is 15.0. The number of carboxylic acids is 1. The lowest BCUT2D eigenvalue weighted by atomic mass is 9.94. The average molecular weight is 687 g/mol. The van der Waals surface area contributed by atoms with E-state index in [4.69, 9.17) is 16.2 Å². The van der Waals surface area contributed by atoms with E-state index in [1.165, 1.54) is 0 Å². The maximum absolute atomic E-state index is 13.5. The first-order valence-corrected chi connectivity index (χ1v) is 17.6. The minimum absolute atomic E-state index is 0.0155. The van der Waals surface area contributed by atoms with Crippen LogP contribution in [0.4, 0.5) is 0 Å². The Labute approximate surface area is 283 Å². The Morgan fingerprint density at radius 3 is 2.23 bits per heavy atom. The van der Waals surface area contributed by atoms with Crippen molar-refractivity contribution in [3.05, 3.63) is 58.1 Å². The van der Waals surface area contributed by atoms with E-state index in [0.717, 1.165) is 16.7 Å². The molecule has 0 bridgehead atoms. The number of rotatable bonds is 15. The topological polar surface area (TPSA) is 215 Å². The summed E-state index contributed by atoms with van der Waals surface area (Å²) in [6, 6.07) is 5.63. The molecule has 0 saturated heterocycles. The summed E-state index contributed by atoms with van der Waals surface area (Å²) in [6.07, 6.45) is 1.27. The van der Waals surface area contributed by atoms with Crippen LogP contribution in [0.3, 0.4) is 0 Å². The molecule has 2 aromatic rings. The van der Waals surface area contributed by atoms with Gasteiger partial charge in [0, 0.05) is 24.9 Å². The van der Waals surface area contributed by atoms with Crippen molar-refractivity contribution in [3.8, 4) is 5.75 Å². The summed E-state index contributed by atoms with van der Waals surface area (Å²) in [5.74, 6) is -1.94. The lowest BCUT2D eigenvalue weighted by Gasteiger charge is -2.23. The summed E-state index contributed by atoms with van der Waals surface area (Å²) in [6.45, 7) is 13.0. The molecule has 3 rings (SSSR count). The van der Waals surface area contributed by atoms with Gasteiger partial charge in [-0.15, -0.1) is 0 Å². The van der Waals surface area contributed by atoms with E-state index in [-0.39, 0.29) is 42.6 Å². The van der Waals surface area contributed by atoms with Gasteiger partial charge in [-0.3, -0.25) is 14.6 Å². The molecule has 2 amide bonds. The molecule has 2 aromatic carbocycles. The molecule has 0 aromatic heterocycles. The van der Waals surface area contributed by atoms with Gasteiger partial charge in [-0.2, -0.15) is 0 Å². The molecule has 0 aliphatic carbocycles. The van der Waals surface area contributed by atoms with Crippen LogP contribution in [0.2, 0.25) is 0 Å². The first-order chi connectivity index (χ1) is 22.3. The number of nitrogens with zero attached hydrogens (tertiary/aromatic N) is 1. The summed E-state index contributed by atoms with van der Waals surface area (Å²) < 4.78 is 35.5. The largest absolute Gasteiger partial charge is 0.487 e. The third-order valence-electron chi connectivity index (χ3n) is 8.32. The average Bonchev–Trinajstić information content (AvgIpc) is 3.32. The molecular weight excluding hydrogens is 636 g/mol. The van der Waals surface area contributed by atoms with Crippen LogP contribution >= 0.6 is 0 Å². The van der Waals surface area contributed by atoms with E-state index in [9.17, 15) is 27.9 Å². The Hall–Kier alpha value is -4.17. The highest BCUT2D eigenvalue weighted by molar-refractivity contribution is 7.90. The lowest BCUT2D eigenvalue weighted by molar-refractivity contribution is -0.142. The summed E-state index contributed by atoms with van der Waals surface area (Å²) in [4.78, 5) is 42.5. The third kappa shape index (κ3) is 9.92. The van der Waals surface area contributed by atoms with E-state index >= 15 is 0 Å². The molecular formula is C34H50N6O7S. The van der Waals surface area contributed by atoms with Crippen LogP contribution in [0.1, 0.15) is 74.8 Å². The maximum Gasteiger partial charge on any atom is 0.326 e. The SMILES string of the molecule is Cc1c(C)c(S(=O)(=O)NC(N)=NCCC[C@H](NC(=O)[C@@H](N)CC(C)C)C(=O)N[C@@H](Cc2ccccc2)C(=O)O)c(C)c2c1OC(C)(C)C2. The molecule has 1 heterocycles. The van der Waals surface area contributed by atoms with Crippen LogP contribution in [0.15, 0.2) is 40.2 Å². The summed E-state index contributed by atoms with van der Waals surface area (Å²) in [5, 5.41) is 15.0. The number of carboxylic acid groups (broad SMARTS) is 1. The fraction of sp³-hybridized carbons (Fsp3) is 0.529. The number of hydrogen-bond acceptors (Lipinski definition) is 8. The van der Waals surface area contributed by atoms with Gasteiger partial charge in [0.25, 0.3) is 10.0 Å². The highest BCUT2D eigenvalue weighted by atomic mass is 32.2. The fourth-order valence-corrected chi connectivity index (χ4v) is 7.37. The number of amides is 2. The number of guanidine groups is 1. The first-order valence-electron chi connectivity index (χ1n) is 16.1. The number of aliphatic carboxylic acids is 1. The van der Waals surface area contributed by atoms with Crippen molar-refractivity contribution in [1.82, 2.24) is 15.4 Å². The van der Waals surface area contributed by atoms with Gasteiger partial charge >= 0.3 is 5.97 Å². The van der Waals surface area contributed by atoms with Gasteiger partial charge in [0.1, 0.15) is 23.4 Å². The monoisotopic (exact) mass is 686 g/mol. The molecule has 48 heavy (non-hydrogen) atoms. The molecule has 13 nitrogen and oxygen atoms in total. The van der Waals surface area contributed by atoms with E-state index < -0.39 is 51.5 Å². The van der Waals surface area contributed by atoms with Crippen molar-refractivity contribution in [2.24, 2.45) is 22.4 Å². The van der Waals surface area contributed by atoms with E-state index in [1.807, 2.05) is 34.6 Å². The maximum atomic E-state index is 13.5. The number of aliphatic imine (C=N–C) groups is 1. The van der Waals surface area contributed by atoms with Gasteiger partial charge in [0.15, 0.2) is 0 Å². The zero-order chi connectivity index (χ0) is 36.0. The molecule has 1 aliphatic heterocycles. The molecule has 3 atom stereocenters. The van der Waals surface area contributed by atoms with Crippen molar-refractivity contribution in [1.29, 1.82) is 0 Å². The molecule has 0 unspecified atom stereocenters. The van der Waals surface area contributed by atoms with Gasteiger partial charge < -0.3 is 31.9 Å². The van der Waals surface area contributed by atoms with Crippen LogP contribution < -0.4 is 31.6 Å². The smallest absolute Gasteiger partial charge is 0.326 e. The van der Waals surface area contributed by atoms with Gasteiger partial charge in [-0.25, -0.2) is 17.9 Å². The highest BCUT2D eigenvalue weighted by Crippen LogP contribution is 2.43. The van der Waals surface area contributed by atoms with Crippen molar-refractivity contribution in [3.63, 3.8) is 0 Å². The number of nitrogens with one attached hydrogen (secondary N) is 3. The number of hydrogen-bond donors (Lipinski definition) is 6. The van der Waals surface area contributed by atoms with Crippen molar-refractivity contribution >= 4 is 33.8 Å². The predicted octanol–water partition coefficient (Wildman–Crippen LogP) is 2.37. The fourth-order valence-electron chi connectivity index (χ4n) is 5.85. The third-order valence-corrected chi connectivity index (χ3v) is 9.95. The Bertz CT molecular complexity index is 1640. The van der Waals surface area contributed by atoms with Gasteiger partial charge in [-0.05, 0) is 82.1 Å². The van der Waals surface area contributed by atoms with Crippen LogP contribution in [-0.4, -0.2) is 67.5 Å². The summed E-state index contributed by atoms with van der Waals surface area (Å²) in [7, 11) is -4.10. The summed E-state index contributed by atoms with van der Waals surface area (Å²) >= 11 is 0. The number of nitrogens with two attached hydrogens (primary N) is 2. The molecule has 1 aliphatic rings. The Morgan fingerprint density at radius 1 is 1.00 bits per heavy atom. The lowest BCUT2D eigenvalue weighted by Crippen LogP contribution is -2.55. The van der Waals surface area contributed by atoms with Crippen LogP contribution in [-0.2, 0) is 37.2 Å². The molecule has 14 heteroatoms. The molecule has 8 N–H and O–H groups in total. The molecule has 264 valence electrons. The predicted molar refractivity (Wildman–Crippen MR) is 184 cm³/mol. The molecule has 0 fully saturated rings. The normalized spacial score (nSPS) is 16.0. The minimum Gasteiger partial charge on any atom is -0.487 e. The number of fused-ring (bicyclic) bond motifs is 1. The van der Waals surface area contributed by atoms with Crippen LogP contribution in [0.5, 0.6) is 5.75 Å². The zero-order valence-electron chi connectivity index (χ0n) is 28.8. The van der Waals surface area contributed by atoms with Gasteiger partial charge in [-0.1, -0.05) is 44.2 Å². The number of ether oxygens (including phenoxy) is 1. The van der Waals surface area contributed by atoms with Gasteiger partial charge in [0.2, 0.25) is 17.8 Å². The van der Waals surface area contributed by atoms with Crippen LogP contribution in [0, 0.1) is 26.7 Å². The zero-order valence-corrected chi connectivity index (χ0v) is 29.7. The number of carbonyl (C=O) groups excluding carboxylic acids is 2. The number of carbonyl (C=O) groups is 3. The van der Waals surface area contributed by atoms with Crippen molar-refractivity contribution < 1.29 is 32.6 Å². The number of sulfonamides is 1. The van der Waals surface area contributed by atoms with E-state index in [1.54, 1.807) is 44.2 Å². The Kier molecular flexibility index (Phi) is 12.6. The highest BCUT2D eigenvalue weighted by Gasteiger charge is 2.37. The van der Waals surface area contributed by atoms with Crippen molar-refractivity contribution in [2.75, 3.05) is 6.54 Å². The van der Waals surface area contributed by atoms with Gasteiger partial charge in [0.05, 0.1) is 10.9 Å². The van der Waals surface area contributed by atoms with E-state index in [0.29, 0.717) is 29.7 Å². The molecule has 0 radical (unpaired) electrons. The first kappa shape index (κ1) is 38.3. The molecule has 0 spiro atoms. The number of benzene rings is 2. The van der Waals surface area contributed by atoms with E-state index in [2.05, 4.69) is 20.3 Å². The van der Waals surface area contributed by atoms with Crippen molar-refractivity contribution in [2.45, 2.75) is 109 Å². The molecule has 0 saturated carbocycles. The Balaban J connectivity index is 1.72. The second-order valence-corrected chi connectivity index (χ2v) is 15.1. The second kappa shape index (κ2) is 15.8. The second-order valence-electron chi connectivity index (χ2n) is 13.5. The van der Waals surface area contributed by atoms with Crippen LogP contribution in [0.25, 0.3) is 0 Å². The Morgan fingerprint density at radius 2 is 1.62 bits per heavy atom.